The molecule has 0 spiro atoms. The highest BCUT2D eigenvalue weighted by atomic mass is 32.2. The van der Waals surface area contributed by atoms with Crippen LogP contribution < -0.4 is 4.74 Å². The van der Waals surface area contributed by atoms with E-state index in [2.05, 4.69) is 35.3 Å². The quantitative estimate of drug-likeness (QED) is 0.583. The van der Waals surface area contributed by atoms with E-state index in [4.69, 9.17) is 4.74 Å². The standard InChI is InChI=1S/C22H24N4O2S/c1-3-26-21(18-10-6-7-11-19(18)28-2)23-24-22(26)29-15-20(27)25-13-12-16-8-4-5-9-17(16)14-25/h4-11H,3,12-15H2,1-2H3. The topological polar surface area (TPSA) is 60.2 Å². The average molecular weight is 409 g/mol. The molecule has 3 aromatic rings. The summed E-state index contributed by atoms with van der Waals surface area (Å²) in [5, 5.41) is 9.46. The zero-order valence-corrected chi connectivity index (χ0v) is 17.5. The van der Waals surface area contributed by atoms with Crippen molar-refractivity contribution in [2.75, 3.05) is 19.4 Å². The van der Waals surface area contributed by atoms with E-state index in [0.717, 1.165) is 35.3 Å². The predicted octanol–water partition coefficient (Wildman–Crippen LogP) is 3.65. The van der Waals surface area contributed by atoms with Gasteiger partial charge in [-0.25, -0.2) is 0 Å². The zero-order chi connectivity index (χ0) is 20.2. The summed E-state index contributed by atoms with van der Waals surface area (Å²) >= 11 is 1.44. The Morgan fingerprint density at radius 1 is 1.10 bits per heavy atom. The van der Waals surface area contributed by atoms with Gasteiger partial charge in [0.15, 0.2) is 11.0 Å². The minimum atomic E-state index is 0.133. The fourth-order valence-corrected chi connectivity index (χ4v) is 4.54. The maximum atomic E-state index is 12.8. The highest BCUT2D eigenvalue weighted by Crippen LogP contribution is 2.31. The summed E-state index contributed by atoms with van der Waals surface area (Å²) in [7, 11) is 1.65. The minimum Gasteiger partial charge on any atom is -0.496 e. The number of carbonyl (C=O) groups excluding carboxylic acids is 1. The van der Waals surface area contributed by atoms with E-state index in [1.54, 1.807) is 7.11 Å². The van der Waals surface area contributed by atoms with Crippen molar-refractivity contribution in [1.29, 1.82) is 0 Å². The van der Waals surface area contributed by atoms with Gasteiger partial charge in [0.1, 0.15) is 5.75 Å². The van der Waals surface area contributed by atoms with E-state index in [9.17, 15) is 4.79 Å². The van der Waals surface area contributed by atoms with Gasteiger partial charge < -0.3 is 14.2 Å². The van der Waals surface area contributed by atoms with Gasteiger partial charge in [-0.15, -0.1) is 10.2 Å². The predicted molar refractivity (Wildman–Crippen MR) is 114 cm³/mol. The van der Waals surface area contributed by atoms with Crippen molar-refractivity contribution < 1.29 is 9.53 Å². The number of methoxy groups -OCH3 is 1. The van der Waals surface area contributed by atoms with Gasteiger partial charge in [0.2, 0.25) is 5.91 Å². The van der Waals surface area contributed by atoms with Crippen molar-refractivity contribution in [2.24, 2.45) is 0 Å². The molecule has 1 aliphatic heterocycles. The number of aromatic nitrogens is 3. The number of benzene rings is 2. The fourth-order valence-electron chi connectivity index (χ4n) is 3.64. The minimum absolute atomic E-state index is 0.133. The molecule has 29 heavy (non-hydrogen) atoms. The molecule has 2 aromatic carbocycles. The molecule has 1 aromatic heterocycles. The number of hydrogen-bond acceptors (Lipinski definition) is 5. The first-order chi connectivity index (χ1) is 14.2. The molecule has 0 unspecified atom stereocenters. The molecule has 1 amide bonds. The Hall–Kier alpha value is -2.80. The summed E-state index contributed by atoms with van der Waals surface area (Å²) < 4.78 is 7.50. The third-order valence-electron chi connectivity index (χ3n) is 5.19. The molecule has 0 fully saturated rings. The Morgan fingerprint density at radius 2 is 1.86 bits per heavy atom. The number of fused-ring (bicyclic) bond motifs is 1. The Morgan fingerprint density at radius 3 is 2.66 bits per heavy atom. The van der Waals surface area contributed by atoms with Crippen LogP contribution in [-0.4, -0.2) is 45.0 Å². The first kappa shape index (κ1) is 19.5. The summed E-state index contributed by atoms with van der Waals surface area (Å²) in [5.41, 5.74) is 3.49. The number of nitrogens with zero attached hydrogens (tertiary/aromatic N) is 4. The lowest BCUT2D eigenvalue weighted by Gasteiger charge is -2.28. The number of rotatable bonds is 6. The monoisotopic (exact) mass is 408 g/mol. The maximum Gasteiger partial charge on any atom is 0.233 e. The maximum absolute atomic E-state index is 12.8. The van der Waals surface area contributed by atoms with Crippen LogP contribution in [-0.2, 0) is 24.3 Å². The van der Waals surface area contributed by atoms with Crippen LogP contribution in [0, 0.1) is 0 Å². The van der Waals surface area contributed by atoms with Gasteiger partial charge in [-0.3, -0.25) is 4.79 Å². The smallest absolute Gasteiger partial charge is 0.233 e. The van der Waals surface area contributed by atoms with Gasteiger partial charge in [0, 0.05) is 19.6 Å². The molecule has 1 aliphatic rings. The second-order valence-electron chi connectivity index (χ2n) is 6.87. The van der Waals surface area contributed by atoms with Crippen LogP contribution in [0.25, 0.3) is 11.4 Å². The van der Waals surface area contributed by atoms with E-state index in [-0.39, 0.29) is 5.91 Å². The van der Waals surface area contributed by atoms with Crippen LogP contribution in [0.4, 0.5) is 0 Å². The molecule has 150 valence electrons. The van der Waals surface area contributed by atoms with Gasteiger partial charge in [-0.1, -0.05) is 48.2 Å². The van der Waals surface area contributed by atoms with Gasteiger partial charge in [-0.05, 0) is 36.6 Å². The average Bonchev–Trinajstić information content (AvgIpc) is 3.19. The van der Waals surface area contributed by atoms with E-state index < -0.39 is 0 Å². The Bertz CT molecular complexity index is 1020. The molecular weight excluding hydrogens is 384 g/mol. The third-order valence-corrected chi connectivity index (χ3v) is 6.14. The van der Waals surface area contributed by atoms with Crippen molar-refractivity contribution >= 4 is 17.7 Å². The molecule has 2 heterocycles. The van der Waals surface area contributed by atoms with Crippen molar-refractivity contribution in [3.63, 3.8) is 0 Å². The van der Waals surface area contributed by atoms with Crippen LogP contribution in [0.1, 0.15) is 18.1 Å². The molecule has 7 heteroatoms. The molecule has 0 aliphatic carbocycles. The van der Waals surface area contributed by atoms with Crippen molar-refractivity contribution in [1.82, 2.24) is 19.7 Å². The summed E-state index contributed by atoms with van der Waals surface area (Å²) in [6.45, 7) is 4.22. The lowest BCUT2D eigenvalue weighted by atomic mass is 10.00. The molecule has 0 saturated heterocycles. The number of hydrogen-bond donors (Lipinski definition) is 0. The highest BCUT2D eigenvalue weighted by molar-refractivity contribution is 7.99. The lowest BCUT2D eigenvalue weighted by Crippen LogP contribution is -2.37. The fraction of sp³-hybridized carbons (Fsp3) is 0.318. The van der Waals surface area contributed by atoms with Crippen LogP contribution >= 0.6 is 11.8 Å². The summed E-state index contributed by atoms with van der Waals surface area (Å²) in [4.78, 5) is 14.7. The number of ether oxygens (including phenoxy) is 1. The van der Waals surface area contributed by atoms with E-state index >= 15 is 0 Å². The Kier molecular flexibility index (Phi) is 5.85. The molecule has 0 saturated carbocycles. The first-order valence-electron chi connectivity index (χ1n) is 9.75. The lowest BCUT2D eigenvalue weighted by molar-refractivity contribution is -0.129. The van der Waals surface area contributed by atoms with Crippen LogP contribution in [0.3, 0.4) is 0 Å². The normalized spacial score (nSPS) is 13.2. The summed E-state index contributed by atoms with van der Waals surface area (Å²) in [5.74, 6) is 2.00. The second-order valence-corrected chi connectivity index (χ2v) is 7.82. The van der Waals surface area contributed by atoms with Gasteiger partial charge in [-0.2, -0.15) is 0 Å². The van der Waals surface area contributed by atoms with Gasteiger partial charge in [0.25, 0.3) is 0 Å². The summed E-state index contributed by atoms with van der Waals surface area (Å²) in [6, 6.07) is 16.1. The largest absolute Gasteiger partial charge is 0.496 e. The number of carbonyl (C=O) groups is 1. The molecule has 4 rings (SSSR count). The third kappa shape index (κ3) is 4.00. The van der Waals surface area contributed by atoms with Crippen LogP contribution in [0.2, 0.25) is 0 Å². The van der Waals surface area contributed by atoms with Crippen molar-refractivity contribution in [3.05, 3.63) is 59.7 Å². The summed E-state index contributed by atoms with van der Waals surface area (Å²) in [6.07, 6.45) is 0.912. The molecule has 6 nitrogen and oxygen atoms in total. The Balaban J connectivity index is 1.47. The van der Waals surface area contributed by atoms with Crippen LogP contribution in [0.15, 0.2) is 53.7 Å². The highest BCUT2D eigenvalue weighted by Gasteiger charge is 2.22. The molecule has 0 radical (unpaired) electrons. The zero-order valence-electron chi connectivity index (χ0n) is 16.7. The van der Waals surface area contributed by atoms with Gasteiger partial charge in [0.05, 0.1) is 18.4 Å². The first-order valence-corrected chi connectivity index (χ1v) is 10.7. The van der Waals surface area contributed by atoms with E-state index in [1.807, 2.05) is 39.8 Å². The van der Waals surface area contributed by atoms with E-state index in [1.165, 1.54) is 22.9 Å². The molecule has 0 N–H and O–H groups in total. The van der Waals surface area contributed by atoms with Gasteiger partial charge >= 0.3 is 0 Å². The molecular formula is C22H24N4O2S. The number of para-hydroxylation sites is 1. The number of thioether (sulfide) groups is 1. The molecule has 0 atom stereocenters. The van der Waals surface area contributed by atoms with Crippen molar-refractivity contribution in [3.8, 4) is 17.1 Å². The Labute approximate surface area is 174 Å². The van der Waals surface area contributed by atoms with E-state index in [0.29, 0.717) is 18.8 Å². The van der Waals surface area contributed by atoms with Crippen LogP contribution in [0.5, 0.6) is 5.75 Å². The number of amides is 1. The van der Waals surface area contributed by atoms with Crippen molar-refractivity contribution in [2.45, 2.75) is 31.6 Å². The molecule has 0 bridgehead atoms. The SMILES string of the molecule is CCn1c(SCC(=O)N2CCc3ccccc3C2)nnc1-c1ccccc1OC. The second kappa shape index (κ2) is 8.69.